The van der Waals surface area contributed by atoms with Crippen LogP contribution in [0.1, 0.15) is 24.2 Å². The van der Waals surface area contributed by atoms with Gasteiger partial charge in [-0.05, 0) is 41.2 Å². The number of halogens is 1. The minimum Gasteiger partial charge on any atom is -0.398 e. The molecular weight excluding hydrogens is 268 g/mol. The van der Waals surface area contributed by atoms with E-state index < -0.39 is 0 Å². The van der Waals surface area contributed by atoms with Crippen LogP contribution in [-0.2, 0) is 0 Å². The van der Waals surface area contributed by atoms with E-state index in [-0.39, 0.29) is 5.78 Å². The zero-order valence-electron chi connectivity index (χ0n) is 9.66. The van der Waals surface area contributed by atoms with Crippen LogP contribution in [-0.4, -0.2) is 30.3 Å². The highest BCUT2D eigenvalue weighted by Gasteiger charge is 2.10. The minimum atomic E-state index is 0.114. The maximum atomic E-state index is 11.9. The highest BCUT2D eigenvalue weighted by molar-refractivity contribution is 9.10. The van der Waals surface area contributed by atoms with E-state index in [4.69, 9.17) is 5.73 Å². The van der Waals surface area contributed by atoms with Crippen molar-refractivity contribution in [2.45, 2.75) is 13.8 Å². The predicted octanol–water partition coefficient (Wildman–Crippen LogP) is 2.56. The number of carbonyl (C=O) groups is 1. The van der Waals surface area contributed by atoms with E-state index in [1.54, 1.807) is 12.1 Å². The van der Waals surface area contributed by atoms with Gasteiger partial charge < -0.3 is 5.73 Å². The monoisotopic (exact) mass is 284 g/mol. The van der Waals surface area contributed by atoms with E-state index in [2.05, 4.69) is 20.8 Å². The highest BCUT2D eigenvalue weighted by Crippen LogP contribution is 2.20. The van der Waals surface area contributed by atoms with Crippen LogP contribution in [0, 0.1) is 0 Å². The van der Waals surface area contributed by atoms with Gasteiger partial charge in [0, 0.05) is 15.7 Å². The van der Waals surface area contributed by atoms with Crippen LogP contribution in [0.2, 0.25) is 0 Å². The molecule has 0 aliphatic heterocycles. The Kier molecular flexibility index (Phi) is 4.96. The zero-order chi connectivity index (χ0) is 12.1. The number of hydrogen-bond acceptors (Lipinski definition) is 3. The number of hydrogen-bond donors (Lipinski definition) is 1. The third-order valence-electron chi connectivity index (χ3n) is 2.58. The van der Waals surface area contributed by atoms with Crippen molar-refractivity contribution in [1.82, 2.24) is 4.90 Å². The maximum Gasteiger partial charge on any atom is 0.176 e. The molecule has 0 saturated carbocycles. The minimum absolute atomic E-state index is 0.114. The molecule has 1 aromatic rings. The highest BCUT2D eigenvalue weighted by atomic mass is 79.9. The van der Waals surface area contributed by atoms with Gasteiger partial charge in [0.15, 0.2) is 5.78 Å². The molecule has 0 radical (unpaired) electrons. The molecule has 0 bridgehead atoms. The fraction of sp³-hybridized carbons (Fsp3) is 0.417. The molecule has 0 atom stereocenters. The summed E-state index contributed by atoms with van der Waals surface area (Å²) in [4.78, 5) is 14.0. The number of ketones is 1. The van der Waals surface area contributed by atoms with E-state index >= 15 is 0 Å². The van der Waals surface area contributed by atoms with Gasteiger partial charge in [0.05, 0.1) is 6.54 Å². The Morgan fingerprint density at radius 3 is 2.50 bits per heavy atom. The van der Waals surface area contributed by atoms with E-state index in [0.717, 1.165) is 17.6 Å². The molecule has 0 amide bonds. The first-order chi connectivity index (χ1) is 7.58. The topological polar surface area (TPSA) is 46.3 Å². The van der Waals surface area contributed by atoms with Gasteiger partial charge in [0.1, 0.15) is 0 Å². The molecule has 4 heteroatoms. The molecule has 1 aromatic carbocycles. The molecule has 1 rings (SSSR count). The molecule has 0 unspecified atom stereocenters. The number of nitrogens with zero attached hydrogens (tertiary/aromatic N) is 1. The third-order valence-corrected chi connectivity index (χ3v) is 3.30. The van der Waals surface area contributed by atoms with Crippen molar-refractivity contribution >= 4 is 27.4 Å². The first-order valence-corrected chi connectivity index (χ1v) is 6.18. The maximum absolute atomic E-state index is 11.9. The van der Waals surface area contributed by atoms with Gasteiger partial charge in [-0.3, -0.25) is 9.69 Å². The largest absolute Gasteiger partial charge is 0.398 e. The molecule has 0 saturated heterocycles. The first-order valence-electron chi connectivity index (χ1n) is 5.39. The second kappa shape index (κ2) is 6.01. The lowest BCUT2D eigenvalue weighted by Crippen LogP contribution is -2.29. The van der Waals surface area contributed by atoms with Crippen LogP contribution in [0.15, 0.2) is 22.7 Å². The number of nitrogens with two attached hydrogens (primary N) is 1. The molecule has 16 heavy (non-hydrogen) atoms. The average Bonchev–Trinajstić information content (AvgIpc) is 2.29. The van der Waals surface area contributed by atoms with Crippen molar-refractivity contribution in [3.05, 3.63) is 28.2 Å². The lowest BCUT2D eigenvalue weighted by Gasteiger charge is -2.16. The van der Waals surface area contributed by atoms with Gasteiger partial charge in [-0.1, -0.05) is 19.9 Å². The van der Waals surface area contributed by atoms with Crippen molar-refractivity contribution in [2.75, 3.05) is 25.4 Å². The number of Topliss-reactive ketones (excluding diaryl/α,β-unsaturated/α-hetero) is 1. The van der Waals surface area contributed by atoms with Crippen molar-refractivity contribution in [1.29, 1.82) is 0 Å². The SMILES string of the molecule is CCN(CC)CC(=O)c1ccc(Br)c(N)c1. The molecule has 3 nitrogen and oxygen atoms in total. The van der Waals surface area contributed by atoms with Gasteiger partial charge in [-0.2, -0.15) is 0 Å². The lowest BCUT2D eigenvalue weighted by molar-refractivity contribution is 0.0937. The van der Waals surface area contributed by atoms with Crippen LogP contribution in [0.25, 0.3) is 0 Å². The normalized spacial score (nSPS) is 10.8. The zero-order valence-corrected chi connectivity index (χ0v) is 11.3. The fourth-order valence-electron chi connectivity index (χ4n) is 1.46. The van der Waals surface area contributed by atoms with Crippen LogP contribution in [0.5, 0.6) is 0 Å². The van der Waals surface area contributed by atoms with Gasteiger partial charge in [0.2, 0.25) is 0 Å². The third kappa shape index (κ3) is 3.32. The van der Waals surface area contributed by atoms with E-state index in [1.165, 1.54) is 0 Å². The summed E-state index contributed by atoms with van der Waals surface area (Å²) in [6, 6.07) is 5.33. The quantitative estimate of drug-likeness (QED) is 0.668. The van der Waals surface area contributed by atoms with Crippen molar-refractivity contribution < 1.29 is 4.79 Å². The van der Waals surface area contributed by atoms with E-state index in [0.29, 0.717) is 17.8 Å². The summed E-state index contributed by atoms with van der Waals surface area (Å²) in [7, 11) is 0. The number of benzene rings is 1. The lowest BCUT2D eigenvalue weighted by atomic mass is 10.1. The number of nitrogen functional groups attached to an aromatic ring is 1. The fourth-order valence-corrected chi connectivity index (χ4v) is 1.71. The average molecular weight is 285 g/mol. The number of likely N-dealkylation sites (N-methyl/N-ethyl adjacent to an activating group) is 1. The second-order valence-electron chi connectivity index (χ2n) is 3.62. The smallest absolute Gasteiger partial charge is 0.176 e. The van der Waals surface area contributed by atoms with Crippen molar-refractivity contribution in [2.24, 2.45) is 0 Å². The van der Waals surface area contributed by atoms with E-state index in [1.807, 2.05) is 19.9 Å². The van der Waals surface area contributed by atoms with Crippen LogP contribution in [0.3, 0.4) is 0 Å². The van der Waals surface area contributed by atoms with Crippen molar-refractivity contribution in [3.8, 4) is 0 Å². The molecule has 88 valence electrons. The first kappa shape index (κ1) is 13.2. The molecule has 0 aromatic heterocycles. The summed E-state index contributed by atoms with van der Waals surface area (Å²) in [6.07, 6.45) is 0. The van der Waals surface area contributed by atoms with Gasteiger partial charge in [0.25, 0.3) is 0 Å². The van der Waals surface area contributed by atoms with Gasteiger partial charge in [-0.15, -0.1) is 0 Å². The predicted molar refractivity (Wildman–Crippen MR) is 70.7 cm³/mol. The summed E-state index contributed by atoms with van der Waals surface area (Å²) in [6.45, 7) is 6.32. The molecule has 0 aliphatic rings. The standard InChI is InChI=1S/C12H17BrN2O/c1-3-15(4-2)8-12(16)9-5-6-10(13)11(14)7-9/h5-7H,3-4,8,14H2,1-2H3. The molecule has 0 fully saturated rings. The Morgan fingerprint density at radius 2 is 2.00 bits per heavy atom. The van der Waals surface area contributed by atoms with Crippen molar-refractivity contribution in [3.63, 3.8) is 0 Å². The molecule has 0 aliphatic carbocycles. The molecule has 0 spiro atoms. The number of anilines is 1. The van der Waals surface area contributed by atoms with E-state index in [9.17, 15) is 4.79 Å². The molecular formula is C12H17BrN2O. The van der Waals surface area contributed by atoms with Gasteiger partial charge in [-0.25, -0.2) is 0 Å². The van der Waals surface area contributed by atoms with Crippen LogP contribution in [0.4, 0.5) is 5.69 Å². The number of rotatable bonds is 5. The Labute approximate surface area is 105 Å². The second-order valence-corrected chi connectivity index (χ2v) is 4.48. The van der Waals surface area contributed by atoms with Crippen LogP contribution >= 0.6 is 15.9 Å². The summed E-state index contributed by atoms with van der Waals surface area (Å²) in [5.74, 6) is 0.114. The summed E-state index contributed by atoms with van der Waals surface area (Å²) >= 11 is 3.31. The Balaban J connectivity index is 2.76. The summed E-state index contributed by atoms with van der Waals surface area (Å²) < 4.78 is 0.826. The van der Waals surface area contributed by atoms with Gasteiger partial charge >= 0.3 is 0 Å². The van der Waals surface area contributed by atoms with Crippen LogP contribution < -0.4 is 5.73 Å². The Hall–Kier alpha value is -0.870. The summed E-state index contributed by atoms with van der Waals surface area (Å²) in [5, 5.41) is 0. The Bertz CT molecular complexity index is 375. The molecule has 0 heterocycles. The molecule has 2 N–H and O–H groups in total. The summed E-state index contributed by atoms with van der Waals surface area (Å²) in [5.41, 5.74) is 7.02. The number of carbonyl (C=O) groups excluding carboxylic acids is 1. The Morgan fingerprint density at radius 1 is 1.38 bits per heavy atom.